The van der Waals surface area contributed by atoms with E-state index in [1.54, 1.807) is 29.4 Å². The van der Waals surface area contributed by atoms with Crippen molar-refractivity contribution < 1.29 is 4.42 Å². The van der Waals surface area contributed by atoms with E-state index in [2.05, 4.69) is 44.4 Å². The number of furan rings is 1. The molecule has 0 amide bonds. The van der Waals surface area contributed by atoms with Crippen LogP contribution in [0.2, 0.25) is 0 Å². The summed E-state index contributed by atoms with van der Waals surface area (Å²) in [4.78, 5) is 4.79. The first-order valence-corrected chi connectivity index (χ1v) is 11.4. The van der Waals surface area contributed by atoms with Crippen molar-refractivity contribution in [2.24, 2.45) is 0 Å². The Morgan fingerprint density at radius 2 is 1.70 bits per heavy atom. The molecule has 0 bridgehead atoms. The summed E-state index contributed by atoms with van der Waals surface area (Å²) >= 11 is 3.30. The Morgan fingerprint density at radius 3 is 2.47 bits per heavy atom. The molecule has 0 unspecified atom stereocenters. The fourth-order valence-corrected chi connectivity index (χ4v) is 4.88. The smallest absolute Gasteiger partial charge is 0.200 e. The van der Waals surface area contributed by atoms with Gasteiger partial charge in [-0.05, 0) is 17.7 Å². The van der Waals surface area contributed by atoms with E-state index in [0.717, 1.165) is 33.0 Å². The van der Waals surface area contributed by atoms with Crippen LogP contribution in [0.1, 0.15) is 11.3 Å². The van der Waals surface area contributed by atoms with E-state index in [0.29, 0.717) is 12.3 Å². The Hall–Kier alpha value is -3.16. The van der Waals surface area contributed by atoms with Crippen LogP contribution in [0.25, 0.3) is 22.2 Å². The van der Waals surface area contributed by atoms with Gasteiger partial charge in [0.15, 0.2) is 10.9 Å². The molecular weight excluding hydrogens is 412 g/mol. The lowest BCUT2D eigenvalue weighted by Crippen LogP contribution is -2.04. The summed E-state index contributed by atoms with van der Waals surface area (Å²) in [5, 5.41) is 12.8. The van der Waals surface area contributed by atoms with Crippen LogP contribution in [0, 0.1) is 0 Å². The molecule has 5 nitrogen and oxygen atoms in total. The normalized spacial score (nSPS) is 11.1. The largest absolute Gasteiger partial charge is 0.461 e. The highest BCUT2D eigenvalue weighted by atomic mass is 32.2. The van der Waals surface area contributed by atoms with Gasteiger partial charge < -0.3 is 4.42 Å². The first-order chi connectivity index (χ1) is 14.9. The quantitative estimate of drug-likeness (QED) is 0.296. The monoisotopic (exact) mass is 430 g/mol. The Morgan fingerprint density at radius 1 is 0.900 bits per heavy atom. The van der Waals surface area contributed by atoms with Gasteiger partial charge in [0.05, 0.1) is 18.5 Å². The lowest BCUT2D eigenvalue weighted by Gasteiger charge is -2.09. The Balaban J connectivity index is 1.39. The molecule has 30 heavy (non-hydrogen) atoms. The van der Waals surface area contributed by atoms with Crippen molar-refractivity contribution in [2.75, 3.05) is 0 Å². The van der Waals surface area contributed by atoms with Crippen molar-refractivity contribution in [1.82, 2.24) is 19.7 Å². The molecule has 7 heteroatoms. The maximum atomic E-state index is 5.58. The second kappa shape index (κ2) is 8.69. The van der Waals surface area contributed by atoms with Gasteiger partial charge in [-0.3, -0.25) is 4.57 Å². The third kappa shape index (κ3) is 4.08. The number of aromatic nitrogens is 4. The van der Waals surface area contributed by atoms with Gasteiger partial charge in [-0.1, -0.05) is 72.4 Å². The molecule has 3 aromatic heterocycles. The van der Waals surface area contributed by atoms with E-state index in [1.807, 2.05) is 48.5 Å². The van der Waals surface area contributed by atoms with Crippen molar-refractivity contribution >= 4 is 23.1 Å². The molecule has 0 atom stereocenters. The number of hydrogen-bond acceptors (Lipinski definition) is 6. The molecule has 0 aliphatic heterocycles. The highest BCUT2D eigenvalue weighted by Crippen LogP contribution is 2.30. The van der Waals surface area contributed by atoms with Gasteiger partial charge >= 0.3 is 0 Å². The average Bonchev–Trinajstić information content (AvgIpc) is 3.55. The highest BCUT2D eigenvalue weighted by Gasteiger charge is 2.17. The molecule has 5 rings (SSSR count). The molecule has 0 spiro atoms. The van der Waals surface area contributed by atoms with Gasteiger partial charge in [-0.25, -0.2) is 4.98 Å². The van der Waals surface area contributed by atoms with Crippen LogP contribution >= 0.6 is 23.1 Å². The van der Waals surface area contributed by atoms with Gasteiger partial charge in [-0.15, -0.1) is 21.5 Å². The van der Waals surface area contributed by atoms with Gasteiger partial charge in [0.25, 0.3) is 0 Å². The van der Waals surface area contributed by atoms with E-state index in [-0.39, 0.29) is 0 Å². The molecule has 0 fully saturated rings. The minimum atomic E-state index is 0.679. The fourth-order valence-electron chi connectivity index (χ4n) is 3.12. The van der Waals surface area contributed by atoms with E-state index in [4.69, 9.17) is 9.40 Å². The lowest BCUT2D eigenvalue weighted by atomic mass is 10.2. The zero-order valence-electron chi connectivity index (χ0n) is 16.0. The summed E-state index contributed by atoms with van der Waals surface area (Å²) in [6.45, 7) is 0.679. The second-order valence-electron chi connectivity index (χ2n) is 6.65. The molecule has 0 radical (unpaired) electrons. The molecular formula is C23H18N4OS2. The third-order valence-corrected chi connectivity index (χ3v) is 6.50. The maximum Gasteiger partial charge on any atom is 0.200 e. The predicted octanol–water partition coefficient (Wildman–Crippen LogP) is 6.00. The van der Waals surface area contributed by atoms with E-state index in [1.165, 1.54) is 5.56 Å². The summed E-state index contributed by atoms with van der Waals surface area (Å²) in [6, 6.07) is 24.3. The summed E-state index contributed by atoms with van der Waals surface area (Å²) in [5.74, 6) is 2.17. The third-order valence-electron chi connectivity index (χ3n) is 4.56. The molecule has 0 aliphatic carbocycles. The first kappa shape index (κ1) is 18.8. The van der Waals surface area contributed by atoms with Crippen LogP contribution in [-0.2, 0) is 12.3 Å². The van der Waals surface area contributed by atoms with E-state index in [9.17, 15) is 0 Å². The zero-order chi connectivity index (χ0) is 20.2. The molecule has 0 N–H and O–H groups in total. The number of thioether (sulfide) groups is 1. The van der Waals surface area contributed by atoms with Crippen molar-refractivity contribution in [3.05, 3.63) is 95.7 Å². The Labute approximate surface area is 182 Å². The molecule has 0 aliphatic rings. The number of rotatable bonds is 7. The van der Waals surface area contributed by atoms with Crippen LogP contribution < -0.4 is 0 Å². The van der Waals surface area contributed by atoms with Gasteiger partial charge in [0.1, 0.15) is 5.01 Å². The molecule has 148 valence electrons. The molecule has 0 saturated carbocycles. The number of benzene rings is 2. The average molecular weight is 431 g/mol. The summed E-state index contributed by atoms with van der Waals surface area (Å²) in [6.07, 6.45) is 1.66. The molecule has 3 heterocycles. The molecule has 2 aromatic carbocycles. The topological polar surface area (TPSA) is 56.7 Å². The Bertz CT molecular complexity index is 1210. The van der Waals surface area contributed by atoms with Gasteiger partial charge in [0, 0.05) is 16.7 Å². The van der Waals surface area contributed by atoms with Crippen LogP contribution in [0.3, 0.4) is 0 Å². The predicted molar refractivity (Wildman–Crippen MR) is 120 cm³/mol. The number of hydrogen-bond donors (Lipinski definition) is 0. The van der Waals surface area contributed by atoms with E-state index < -0.39 is 0 Å². The summed E-state index contributed by atoms with van der Waals surface area (Å²) < 4.78 is 7.68. The SMILES string of the molecule is c1ccc(Cn2c(SCc3csc(-c4ccccc4)n3)nnc2-c2ccco2)cc1. The highest BCUT2D eigenvalue weighted by molar-refractivity contribution is 7.98. The Kier molecular flexibility index (Phi) is 5.46. The molecule has 5 aromatic rings. The van der Waals surface area contributed by atoms with Crippen LogP contribution in [0.15, 0.2) is 94.0 Å². The van der Waals surface area contributed by atoms with Crippen LogP contribution in [0.4, 0.5) is 0 Å². The number of nitrogens with zero attached hydrogens (tertiary/aromatic N) is 4. The minimum absolute atomic E-state index is 0.679. The zero-order valence-corrected chi connectivity index (χ0v) is 17.6. The molecule has 0 saturated heterocycles. The summed E-state index contributed by atoms with van der Waals surface area (Å²) in [5.41, 5.74) is 3.37. The van der Waals surface area contributed by atoms with Crippen molar-refractivity contribution in [3.63, 3.8) is 0 Å². The first-order valence-electron chi connectivity index (χ1n) is 9.50. The minimum Gasteiger partial charge on any atom is -0.461 e. The van der Waals surface area contributed by atoms with Crippen LogP contribution in [-0.4, -0.2) is 19.7 Å². The van der Waals surface area contributed by atoms with Crippen LogP contribution in [0.5, 0.6) is 0 Å². The van der Waals surface area contributed by atoms with E-state index >= 15 is 0 Å². The van der Waals surface area contributed by atoms with Gasteiger partial charge in [0.2, 0.25) is 5.82 Å². The second-order valence-corrected chi connectivity index (χ2v) is 8.45. The number of thiazole rings is 1. The van der Waals surface area contributed by atoms with Crippen molar-refractivity contribution in [2.45, 2.75) is 17.5 Å². The van der Waals surface area contributed by atoms with Crippen molar-refractivity contribution in [1.29, 1.82) is 0 Å². The fraction of sp³-hybridized carbons (Fsp3) is 0.0870. The lowest BCUT2D eigenvalue weighted by molar-refractivity contribution is 0.569. The van der Waals surface area contributed by atoms with Gasteiger partial charge in [-0.2, -0.15) is 0 Å². The standard InChI is InChI=1S/C23H18N4OS2/c1-3-8-17(9-4-1)14-27-21(20-12-7-13-28-20)25-26-23(27)30-16-19-15-29-22(24-19)18-10-5-2-6-11-18/h1-13,15H,14,16H2. The van der Waals surface area contributed by atoms with Crippen molar-refractivity contribution in [3.8, 4) is 22.2 Å². The maximum absolute atomic E-state index is 5.58. The summed E-state index contributed by atoms with van der Waals surface area (Å²) in [7, 11) is 0.